The first-order valence-electron chi connectivity index (χ1n) is 7.84. The number of piperidine rings is 1. The Bertz CT molecular complexity index is 539. The van der Waals surface area contributed by atoms with Crippen LogP contribution < -0.4 is 5.32 Å². The van der Waals surface area contributed by atoms with Crippen LogP contribution >= 0.6 is 11.6 Å². The molecule has 2 amide bonds. The van der Waals surface area contributed by atoms with E-state index in [9.17, 15) is 9.59 Å². The van der Waals surface area contributed by atoms with Gasteiger partial charge in [0.25, 0.3) is 5.91 Å². The average Bonchev–Trinajstić information content (AvgIpc) is 2.52. The number of rotatable bonds is 4. The minimum absolute atomic E-state index is 0.0186. The number of carbonyl (C=O) groups is 2. The zero-order valence-electron chi connectivity index (χ0n) is 13.1. The van der Waals surface area contributed by atoms with E-state index in [0.717, 1.165) is 25.9 Å². The van der Waals surface area contributed by atoms with Gasteiger partial charge in [-0.15, -0.1) is 0 Å². The third-order valence-corrected chi connectivity index (χ3v) is 4.21. The van der Waals surface area contributed by atoms with Crippen LogP contribution in [-0.2, 0) is 4.79 Å². The molecule has 0 spiro atoms. The number of amides is 2. The smallest absolute Gasteiger partial charge is 0.251 e. The fraction of sp³-hybridized carbons (Fsp3) is 0.529. The second-order valence-electron chi connectivity index (χ2n) is 6.09. The molecule has 1 N–H and O–H groups in total. The van der Waals surface area contributed by atoms with E-state index >= 15 is 0 Å². The van der Waals surface area contributed by atoms with Crippen molar-refractivity contribution in [3.8, 4) is 0 Å². The molecule has 0 bridgehead atoms. The van der Waals surface area contributed by atoms with Crippen LogP contribution in [0.5, 0.6) is 0 Å². The molecule has 0 aliphatic carbocycles. The van der Waals surface area contributed by atoms with Crippen molar-refractivity contribution in [3.05, 3.63) is 34.9 Å². The van der Waals surface area contributed by atoms with Gasteiger partial charge in [-0.05, 0) is 43.4 Å². The highest BCUT2D eigenvalue weighted by Crippen LogP contribution is 2.15. The second-order valence-corrected chi connectivity index (χ2v) is 6.53. The predicted molar refractivity (Wildman–Crippen MR) is 88.0 cm³/mol. The highest BCUT2D eigenvalue weighted by atomic mass is 35.5. The molecule has 1 aromatic rings. The molecule has 4 nitrogen and oxygen atoms in total. The normalized spacial score (nSPS) is 16.5. The number of hydrogen-bond donors (Lipinski definition) is 1. The average molecular weight is 323 g/mol. The van der Waals surface area contributed by atoms with Crippen molar-refractivity contribution in [1.29, 1.82) is 0 Å². The maximum Gasteiger partial charge on any atom is 0.251 e. The third-order valence-electron chi connectivity index (χ3n) is 3.97. The predicted octanol–water partition coefficient (Wildman–Crippen LogP) is 3.11. The van der Waals surface area contributed by atoms with Gasteiger partial charge in [0.1, 0.15) is 6.04 Å². The van der Waals surface area contributed by atoms with Crippen LogP contribution in [0.15, 0.2) is 24.3 Å². The van der Waals surface area contributed by atoms with Gasteiger partial charge in [0.05, 0.1) is 0 Å². The van der Waals surface area contributed by atoms with Crippen molar-refractivity contribution in [2.24, 2.45) is 5.92 Å². The molecule has 1 fully saturated rings. The molecule has 0 radical (unpaired) electrons. The quantitative estimate of drug-likeness (QED) is 0.926. The van der Waals surface area contributed by atoms with Crippen LogP contribution in [-0.4, -0.2) is 35.8 Å². The van der Waals surface area contributed by atoms with Crippen LogP contribution in [0.2, 0.25) is 5.02 Å². The van der Waals surface area contributed by atoms with E-state index in [1.807, 2.05) is 18.7 Å². The van der Waals surface area contributed by atoms with Crippen molar-refractivity contribution in [2.45, 2.75) is 39.2 Å². The van der Waals surface area contributed by atoms with Gasteiger partial charge in [-0.2, -0.15) is 0 Å². The summed E-state index contributed by atoms with van der Waals surface area (Å²) in [5.74, 6) is -0.200. The number of benzene rings is 1. The summed E-state index contributed by atoms with van der Waals surface area (Å²) in [6.07, 6.45) is 3.25. The summed E-state index contributed by atoms with van der Waals surface area (Å²) < 4.78 is 0. The number of carbonyl (C=O) groups excluding carboxylic acids is 2. The van der Waals surface area contributed by atoms with Gasteiger partial charge in [-0.1, -0.05) is 31.5 Å². The molecular weight excluding hydrogens is 300 g/mol. The maximum atomic E-state index is 12.7. The number of likely N-dealkylation sites (tertiary alicyclic amines) is 1. The summed E-state index contributed by atoms with van der Waals surface area (Å²) in [6.45, 7) is 5.47. The van der Waals surface area contributed by atoms with E-state index in [1.54, 1.807) is 24.3 Å². The van der Waals surface area contributed by atoms with Crippen molar-refractivity contribution in [3.63, 3.8) is 0 Å². The van der Waals surface area contributed by atoms with Crippen molar-refractivity contribution >= 4 is 23.4 Å². The van der Waals surface area contributed by atoms with Gasteiger partial charge in [0.2, 0.25) is 5.91 Å². The van der Waals surface area contributed by atoms with E-state index in [1.165, 1.54) is 6.42 Å². The summed E-state index contributed by atoms with van der Waals surface area (Å²) in [5, 5.41) is 3.38. The Kier molecular flexibility index (Phi) is 5.83. The Morgan fingerprint density at radius 3 is 2.45 bits per heavy atom. The Labute approximate surface area is 136 Å². The molecule has 22 heavy (non-hydrogen) atoms. The summed E-state index contributed by atoms with van der Waals surface area (Å²) in [7, 11) is 0. The Morgan fingerprint density at radius 2 is 1.86 bits per heavy atom. The highest BCUT2D eigenvalue weighted by Gasteiger charge is 2.29. The van der Waals surface area contributed by atoms with Crippen molar-refractivity contribution < 1.29 is 9.59 Å². The van der Waals surface area contributed by atoms with E-state index in [4.69, 9.17) is 11.6 Å². The number of nitrogens with zero attached hydrogens (tertiary/aromatic N) is 1. The van der Waals surface area contributed by atoms with Crippen molar-refractivity contribution in [2.75, 3.05) is 13.1 Å². The summed E-state index contributed by atoms with van der Waals surface area (Å²) >= 11 is 5.92. The largest absolute Gasteiger partial charge is 0.341 e. The van der Waals surface area contributed by atoms with E-state index in [-0.39, 0.29) is 17.7 Å². The SMILES string of the molecule is CC(C)[C@H](NC(=O)c1cccc(Cl)c1)C(=O)N1CCCCC1. The number of halogens is 1. The van der Waals surface area contributed by atoms with Crippen molar-refractivity contribution in [1.82, 2.24) is 10.2 Å². The van der Waals surface area contributed by atoms with Crippen LogP contribution in [0.25, 0.3) is 0 Å². The van der Waals surface area contributed by atoms with Gasteiger partial charge in [0.15, 0.2) is 0 Å². The molecule has 120 valence electrons. The monoisotopic (exact) mass is 322 g/mol. The van der Waals surface area contributed by atoms with Gasteiger partial charge < -0.3 is 10.2 Å². The second kappa shape index (κ2) is 7.63. The van der Waals surface area contributed by atoms with Crippen LogP contribution in [0, 0.1) is 5.92 Å². The molecule has 1 aliphatic heterocycles. The van der Waals surface area contributed by atoms with E-state index < -0.39 is 6.04 Å². The number of hydrogen-bond acceptors (Lipinski definition) is 2. The summed E-state index contributed by atoms with van der Waals surface area (Å²) in [4.78, 5) is 26.9. The van der Waals surface area contributed by atoms with Crippen LogP contribution in [0.3, 0.4) is 0 Å². The summed E-state index contributed by atoms with van der Waals surface area (Å²) in [5.41, 5.74) is 0.476. The van der Waals surface area contributed by atoms with Gasteiger partial charge in [-0.25, -0.2) is 0 Å². The van der Waals surface area contributed by atoms with Gasteiger partial charge >= 0.3 is 0 Å². The molecule has 5 heteroatoms. The number of nitrogens with one attached hydrogen (secondary N) is 1. The maximum absolute atomic E-state index is 12.7. The highest BCUT2D eigenvalue weighted by molar-refractivity contribution is 6.31. The Hall–Kier alpha value is -1.55. The lowest BCUT2D eigenvalue weighted by Crippen LogP contribution is -2.52. The fourth-order valence-electron chi connectivity index (χ4n) is 2.68. The Balaban J connectivity index is 2.08. The zero-order chi connectivity index (χ0) is 16.1. The lowest BCUT2D eigenvalue weighted by atomic mass is 10.0. The van der Waals surface area contributed by atoms with Gasteiger partial charge in [0, 0.05) is 23.7 Å². The molecule has 0 saturated carbocycles. The first kappa shape index (κ1) is 16.8. The summed E-state index contributed by atoms with van der Waals surface area (Å²) in [6, 6.07) is 6.26. The standard InChI is InChI=1S/C17H23ClN2O2/c1-12(2)15(17(22)20-9-4-3-5-10-20)19-16(21)13-7-6-8-14(18)11-13/h6-8,11-12,15H,3-5,9-10H2,1-2H3,(H,19,21)/t15-/m0/s1. The topological polar surface area (TPSA) is 49.4 Å². The molecule has 1 saturated heterocycles. The first-order chi connectivity index (χ1) is 10.5. The van der Waals surface area contributed by atoms with E-state index in [2.05, 4.69) is 5.32 Å². The molecule has 0 unspecified atom stereocenters. The van der Waals surface area contributed by atoms with E-state index in [0.29, 0.717) is 10.6 Å². The van der Waals surface area contributed by atoms with Crippen LogP contribution in [0.1, 0.15) is 43.5 Å². The fourth-order valence-corrected chi connectivity index (χ4v) is 2.87. The minimum Gasteiger partial charge on any atom is -0.341 e. The van der Waals surface area contributed by atoms with Gasteiger partial charge in [-0.3, -0.25) is 9.59 Å². The molecule has 1 aromatic carbocycles. The Morgan fingerprint density at radius 1 is 1.18 bits per heavy atom. The van der Waals surface area contributed by atoms with Crippen LogP contribution in [0.4, 0.5) is 0 Å². The molecule has 0 aromatic heterocycles. The zero-order valence-corrected chi connectivity index (χ0v) is 13.9. The first-order valence-corrected chi connectivity index (χ1v) is 8.22. The molecule has 1 heterocycles. The third kappa shape index (κ3) is 4.23. The molecule has 2 rings (SSSR count). The lowest BCUT2D eigenvalue weighted by Gasteiger charge is -2.32. The minimum atomic E-state index is -0.496. The lowest BCUT2D eigenvalue weighted by molar-refractivity contribution is -0.135. The molecule has 1 atom stereocenters. The molecule has 1 aliphatic rings. The molecular formula is C17H23ClN2O2.